The second-order valence-electron chi connectivity index (χ2n) is 9.13. The highest BCUT2D eigenvalue weighted by Gasteiger charge is 2.39. The van der Waals surface area contributed by atoms with Crippen LogP contribution >= 0.6 is 0 Å². The highest BCUT2D eigenvalue weighted by molar-refractivity contribution is 5.68. The van der Waals surface area contributed by atoms with Gasteiger partial charge in [0.1, 0.15) is 5.60 Å². The van der Waals surface area contributed by atoms with Crippen molar-refractivity contribution in [3.63, 3.8) is 0 Å². The molecule has 29 heavy (non-hydrogen) atoms. The number of nitrogens with one attached hydrogen (secondary N) is 1. The minimum absolute atomic E-state index is 0.322. The van der Waals surface area contributed by atoms with Gasteiger partial charge in [0.25, 0.3) is 0 Å². The Bertz CT molecular complexity index is 728. The molecule has 158 valence electrons. The van der Waals surface area contributed by atoms with Gasteiger partial charge in [0.15, 0.2) is 11.5 Å². The topological polar surface area (TPSA) is 49.0 Å². The van der Waals surface area contributed by atoms with Crippen LogP contribution in [0.2, 0.25) is 0 Å². The van der Waals surface area contributed by atoms with Crippen molar-refractivity contribution >= 4 is 5.70 Å². The fourth-order valence-corrected chi connectivity index (χ4v) is 5.01. The van der Waals surface area contributed by atoms with Crippen molar-refractivity contribution in [3.8, 4) is 11.5 Å². The quantitative estimate of drug-likeness (QED) is 0.729. The zero-order valence-corrected chi connectivity index (χ0v) is 17.3. The molecule has 4 aliphatic rings. The molecule has 0 bridgehead atoms. The average Bonchev–Trinajstić information content (AvgIpc) is 3.52. The third kappa shape index (κ3) is 4.41. The molecule has 1 atom stereocenters. The van der Waals surface area contributed by atoms with E-state index in [0.29, 0.717) is 18.6 Å². The number of hydrogen-bond donors (Lipinski definition) is 1. The van der Waals surface area contributed by atoms with Crippen LogP contribution in [0.4, 0.5) is 0 Å². The molecule has 1 spiro atoms. The van der Waals surface area contributed by atoms with E-state index in [1.807, 2.05) is 0 Å². The number of ether oxygens (including phenoxy) is 3. The van der Waals surface area contributed by atoms with Crippen molar-refractivity contribution in [3.05, 3.63) is 29.8 Å². The van der Waals surface area contributed by atoms with Crippen LogP contribution in [0.25, 0.3) is 5.70 Å². The van der Waals surface area contributed by atoms with Gasteiger partial charge in [-0.25, -0.2) is 0 Å². The summed E-state index contributed by atoms with van der Waals surface area (Å²) in [5.41, 5.74) is 4.86. The molecule has 5 rings (SSSR count). The zero-order valence-electron chi connectivity index (χ0n) is 17.3. The van der Waals surface area contributed by atoms with Crippen LogP contribution in [0, 0.1) is 5.92 Å². The van der Waals surface area contributed by atoms with Gasteiger partial charge in [-0.3, -0.25) is 10.3 Å². The summed E-state index contributed by atoms with van der Waals surface area (Å²) < 4.78 is 18.2. The predicted molar refractivity (Wildman–Crippen MR) is 112 cm³/mol. The smallest absolute Gasteiger partial charge is 0.161 e. The summed E-state index contributed by atoms with van der Waals surface area (Å²) in [4.78, 5) is 5.86. The van der Waals surface area contributed by atoms with E-state index in [0.717, 1.165) is 55.2 Å². The molecule has 5 nitrogen and oxygen atoms in total. The van der Waals surface area contributed by atoms with Crippen LogP contribution in [0.5, 0.6) is 11.5 Å². The Kier molecular flexibility index (Phi) is 5.69. The Labute approximate surface area is 173 Å². The highest BCUT2D eigenvalue weighted by atomic mass is 16.7. The summed E-state index contributed by atoms with van der Waals surface area (Å²) in [7, 11) is 0. The molecule has 1 unspecified atom stereocenters. The molecule has 2 saturated carbocycles. The van der Waals surface area contributed by atoms with Gasteiger partial charge in [-0.05, 0) is 68.7 Å². The lowest BCUT2D eigenvalue weighted by atomic mass is 9.90. The Hall–Kier alpha value is -1.72. The average molecular weight is 400 g/mol. The molecule has 1 N–H and O–H groups in total. The highest BCUT2D eigenvalue weighted by Crippen LogP contribution is 2.38. The van der Waals surface area contributed by atoms with Gasteiger partial charge in [-0.15, -0.1) is 0 Å². The zero-order chi connectivity index (χ0) is 19.5. The Morgan fingerprint density at radius 2 is 1.83 bits per heavy atom. The van der Waals surface area contributed by atoms with Gasteiger partial charge in [0.2, 0.25) is 0 Å². The number of hydroxylamine groups is 1. The van der Waals surface area contributed by atoms with Gasteiger partial charge >= 0.3 is 0 Å². The van der Waals surface area contributed by atoms with E-state index < -0.39 is 0 Å². The van der Waals surface area contributed by atoms with Crippen LogP contribution in [-0.2, 0) is 9.57 Å². The van der Waals surface area contributed by atoms with E-state index in [2.05, 4.69) is 29.8 Å². The van der Waals surface area contributed by atoms with Crippen LogP contribution in [0.15, 0.2) is 24.3 Å². The van der Waals surface area contributed by atoms with Crippen LogP contribution in [-0.4, -0.2) is 31.5 Å². The molecule has 1 saturated heterocycles. The predicted octanol–water partition coefficient (Wildman–Crippen LogP) is 5.00. The minimum atomic E-state index is -0.322. The van der Waals surface area contributed by atoms with E-state index in [4.69, 9.17) is 19.0 Å². The second-order valence-corrected chi connectivity index (χ2v) is 9.13. The van der Waals surface area contributed by atoms with Crippen molar-refractivity contribution in [2.45, 2.75) is 75.9 Å². The van der Waals surface area contributed by atoms with Gasteiger partial charge in [0, 0.05) is 18.6 Å². The van der Waals surface area contributed by atoms with E-state index in [-0.39, 0.29) is 5.60 Å². The molecule has 3 fully saturated rings. The lowest BCUT2D eigenvalue weighted by Gasteiger charge is -2.23. The molecule has 2 aliphatic heterocycles. The summed E-state index contributed by atoms with van der Waals surface area (Å²) in [5.74, 6) is 2.42. The lowest BCUT2D eigenvalue weighted by molar-refractivity contribution is -0.0373. The third-order valence-corrected chi connectivity index (χ3v) is 6.84. The number of benzene rings is 1. The fourth-order valence-electron chi connectivity index (χ4n) is 5.01. The second kappa shape index (κ2) is 8.57. The minimum Gasteiger partial charge on any atom is -0.489 e. The Balaban J connectivity index is 1.35. The van der Waals surface area contributed by atoms with E-state index in [1.165, 1.54) is 44.9 Å². The molecule has 0 aromatic heterocycles. The first kappa shape index (κ1) is 19.3. The van der Waals surface area contributed by atoms with Crippen molar-refractivity contribution < 1.29 is 19.0 Å². The molecule has 5 heteroatoms. The van der Waals surface area contributed by atoms with E-state index in [1.54, 1.807) is 0 Å². The third-order valence-electron chi connectivity index (χ3n) is 6.84. The molecule has 2 aliphatic carbocycles. The maximum Gasteiger partial charge on any atom is 0.161 e. The first-order valence-corrected chi connectivity index (χ1v) is 11.5. The van der Waals surface area contributed by atoms with E-state index in [9.17, 15) is 0 Å². The summed E-state index contributed by atoms with van der Waals surface area (Å²) in [6.07, 6.45) is 14.8. The maximum atomic E-state index is 6.36. The van der Waals surface area contributed by atoms with Crippen molar-refractivity contribution in [1.29, 1.82) is 0 Å². The number of rotatable bonds is 6. The van der Waals surface area contributed by atoms with Crippen molar-refractivity contribution in [2.24, 2.45) is 5.92 Å². The fraction of sp³-hybridized carbons (Fsp3) is 0.667. The lowest BCUT2D eigenvalue weighted by Crippen LogP contribution is -2.29. The molecule has 0 amide bonds. The summed E-state index contributed by atoms with van der Waals surface area (Å²) in [6, 6.07) is 6.29. The summed E-state index contributed by atoms with van der Waals surface area (Å²) >= 11 is 0. The maximum absolute atomic E-state index is 6.36. The van der Waals surface area contributed by atoms with Crippen molar-refractivity contribution in [2.75, 3.05) is 19.8 Å². The summed E-state index contributed by atoms with van der Waals surface area (Å²) in [5, 5.41) is 0. The van der Waals surface area contributed by atoms with Crippen LogP contribution in [0.1, 0.15) is 69.8 Å². The molecular formula is C24H33NO4. The standard InChI is InChI=1S/C24H33NO4/c1-2-6-18(7-3-1)16-27-23-14-19(10-11-22(23)28-20-8-4-5-9-20)21-15-24(29-25-21)12-13-26-17-24/h10-11,14-15,18,20,25H,1-9,12-13,16-17H2. The Morgan fingerprint density at radius 1 is 1.00 bits per heavy atom. The summed E-state index contributed by atoms with van der Waals surface area (Å²) in [6.45, 7) is 2.14. The van der Waals surface area contributed by atoms with Gasteiger partial charge in [-0.1, -0.05) is 19.3 Å². The van der Waals surface area contributed by atoms with Gasteiger partial charge in [0.05, 0.1) is 25.0 Å². The Morgan fingerprint density at radius 3 is 2.62 bits per heavy atom. The first-order valence-electron chi connectivity index (χ1n) is 11.5. The van der Waals surface area contributed by atoms with E-state index >= 15 is 0 Å². The molecular weight excluding hydrogens is 366 g/mol. The van der Waals surface area contributed by atoms with Crippen LogP contribution < -0.4 is 15.0 Å². The molecule has 1 aromatic rings. The molecule has 1 aromatic carbocycles. The normalized spacial score (nSPS) is 27.9. The monoisotopic (exact) mass is 399 g/mol. The number of hydrogen-bond acceptors (Lipinski definition) is 5. The largest absolute Gasteiger partial charge is 0.489 e. The van der Waals surface area contributed by atoms with Gasteiger partial charge in [-0.2, -0.15) is 0 Å². The SMILES string of the molecule is C1=C(c2ccc(OC3CCCC3)c(OCC3CCCCC3)c2)NOC12CCOC2. The van der Waals surface area contributed by atoms with Gasteiger partial charge < -0.3 is 14.2 Å². The van der Waals surface area contributed by atoms with Crippen molar-refractivity contribution in [1.82, 2.24) is 5.48 Å². The molecule has 0 radical (unpaired) electrons. The molecule has 2 heterocycles. The van der Waals surface area contributed by atoms with Crippen LogP contribution in [0.3, 0.4) is 0 Å². The first-order chi connectivity index (χ1) is 14.3.